The second-order valence-electron chi connectivity index (χ2n) is 7.63. The SMILES string of the molecule is COc1ccc2[nH]c3c(=O)n(CC(=O)NC4CCC(C)CC4)c(=S)[nH]c3c2c1. The highest BCUT2D eigenvalue weighted by Gasteiger charge is 2.21. The highest BCUT2D eigenvalue weighted by atomic mass is 32.1. The zero-order valence-corrected chi connectivity index (χ0v) is 16.8. The zero-order chi connectivity index (χ0) is 19.8. The van der Waals surface area contributed by atoms with Crippen LogP contribution in [0.5, 0.6) is 5.75 Å². The first-order valence-electron chi connectivity index (χ1n) is 9.58. The topological polar surface area (TPSA) is 91.9 Å². The van der Waals surface area contributed by atoms with Crippen LogP contribution in [0.2, 0.25) is 0 Å². The summed E-state index contributed by atoms with van der Waals surface area (Å²) in [6, 6.07) is 5.70. The zero-order valence-electron chi connectivity index (χ0n) is 16.0. The summed E-state index contributed by atoms with van der Waals surface area (Å²) in [5.41, 5.74) is 1.52. The number of ether oxygens (including phenoxy) is 1. The van der Waals surface area contributed by atoms with Crippen LogP contribution in [-0.2, 0) is 11.3 Å². The maximum Gasteiger partial charge on any atom is 0.279 e. The number of rotatable bonds is 4. The summed E-state index contributed by atoms with van der Waals surface area (Å²) in [6.07, 6.45) is 4.21. The van der Waals surface area contributed by atoms with Crippen LogP contribution in [0.3, 0.4) is 0 Å². The molecule has 148 valence electrons. The second kappa shape index (κ2) is 7.43. The van der Waals surface area contributed by atoms with Crippen LogP contribution < -0.4 is 15.6 Å². The monoisotopic (exact) mass is 400 g/mol. The lowest BCUT2D eigenvalue weighted by Crippen LogP contribution is -2.40. The van der Waals surface area contributed by atoms with Gasteiger partial charge in [-0.25, -0.2) is 0 Å². The van der Waals surface area contributed by atoms with Gasteiger partial charge in [0, 0.05) is 16.9 Å². The molecule has 0 atom stereocenters. The Morgan fingerprint density at radius 2 is 2.00 bits per heavy atom. The van der Waals surface area contributed by atoms with Crippen molar-refractivity contribution in [2.45, 2.75) is 45.2 Å². The van der Waals surface area contributed by atoms with E-state index in [1.54, 1.807) is 7.11 Å². The quantitative estimate of drug-likeness (QED) is 0.586. The van der Waals surface area contributed by atoms with Crippen molar-refractivity contribution in [3.8, 4) is 5.75 Å². The summed E-state index contributed by atoms with van der Waals surface area (Å²) in [7, 11) is 1.59. The molecule has 8 heteroatoms. The van der Waals surface area contributed by atoms with Crippen LogP contribution in [-0.4, -0.2) is 33.6 Å². The average Bonchev–Trinajstić information content (AvgIpc) is 3.05. The van der Waals surface area contributed by atoms with E-state index in [1.165, 1.54) is 4.57 Å². The summed E-state index contributed by atoms with van der Waals surface area (Å²) in [5, 5.41) is 3.87. The third-order valence-corrected chi connectivity index (χ3v) is 5.95. The van der Waals surface area contributed by atoms with Crippen molar-refractivity contribution in [2.75, 3.05) is 7.11 Å². The Labute approximate surface area is 167 Å². The predicted octanol–water partition coefficient (Wildman–Crippen LogP) is 3.24. The fourth-order valence-corrected chi connectivity index (χ4v) is 4.20. The van der Waals surface area contributed by atoms with Crippen molar-refractivity contribution in [3.05, 3.63) is 33.3 Å². The molecule has 7 nitrogen and oxygen atoms in total. The van der Waals surface area contributed by atoms with Gasteiger partial charge in [-0.1, -0.05) is 6.92 Å². The van der Waals surface area contributed by atoms with E-state index in [4.69, 9.17) is 17.0 Å². The first-order chi connectivity index (χ1) is 13.5. The number of hydrogen-bond acceptors (Lipinski definition) is 4. The minimum atomic E-state index is -0.304. The Hall–Kier alpha value is -2.61. The molecule has 1 aliphatic carbocycles. The first kappa shape index (κ1) is 18.7. The van der Waals surface area contributed by atoms with Gasteiger partial charge in [0.05, 0.1) is 12.6 Å². The van der Waals surface area contributed by atoms with E-state index in [1.807, 2.05) is 18.2 Å². The number of amides is 1. The second-order valence-corrected chi connectivity index (χ2v) is 8.02. The van der Waals surface area contributed by atoms with Crippen LogP contribution in [0.1, 0.15) is 32.6 Å². The summed E-state index contributed by atoms with van der Waals surface area (Å²) in [6.45, 7) is 2.15. The van der Waals surface area contributed by atoms with Crippen LogP contribution in [0, 0.1) is 10.7 Å². The molecule has 28 heavy (non-hydrogen) atoms. The summed E-state index contributed by atoms with van der Waals surface area (Å²) >= 11 is 5.38. The van der Waals surface area contributed by atoms with Crippen LogP contribution in [0.15, 0.2) is 23.0 Å². The average molecular weight is 401 g/mol. The van der Waals surface area contributed by atoms with Crippen LogP contribution in [0.25, 0.3) is 21.9 Å². The van der Waals surface area contributed by atoms with Gasteiger partial charge in [0.2, 0.25) is 5.91 Å². The smallest absolute Gasteiger partial charge is 0.279 e. The molecule has 3 aromatic rings. The number of carbonyl (C=O) groups excluding carboxylic acids is 1. The predicted molar refractivity (Wildman–Crippen MR) is 111 cm³/mol. The highest BCUT2D eigenvalue weighted by Crippen LogP contribution is 2.26. The highest BCUT2D eigenvalue weighted by molar-refractivity contribution is 7.71. The van der Waals surface area contributed by atoms with Crippen LogP contribution >= 0.6 is 12.2 Å². The largest absolute Gasteiger partial charge is 0.497 e. The van der Waals surface area contributed by atoms with Crippen LogP contribution in [0.4, 0.5) is 0 Å². The number of nitrogens with one attached hydrogen (secondary N) is 3. The number of nitrogens with zero attached hydrogens (tertiary/aromatic N) is 1. The molecule has 0 unspecified atom stereocenters. The van der Waals surface area contributed by atoms with E-state index in [-0.39, 0.29) is 28.8 Å². The van der Waals surface area contributed by atoms with Gasteiger partial charge in [0.1, 0.15) is 17.8 Å². The Morgan fingerprint density at radius 1 is 1.25 bits per heavy atom. The lowest BCUT2D eigenvalue weighted by molar-refractivity contribution is -0.122. The third kappa shape index (κ3) is 3.44. The Balaban J connectivity index is 1.64. The summed E-state index contributed by atoms with van der Waals surface area (Å²) in [4.78, 5) is 31.7. The van der Waals surface area contributed by atoms with E-state index >= 15 is 0 Å². The van der Waals surface area contributed by atoms with E-state index in [0.29, 0.717) is 22.7 Å². The molecular formula is C20H24N4O3S. The summed E-state index contributed by atoms with van der Waals surface area (Å²) in [5.74, 6) is 1.23. The Morgan fingerprint density at radius 3 is 2.71 bits per heavy atom. The van der Waals surface area contributed by atoms with Crippen molar-refractivity contribution in [3.63, 3.8) is 0 Å². The van der Waals surface area contributed by atoms with Gasteiger partial charge in [-0.2, -0.15) is 0 Å². The minimum Gasteiger partial charge on any atom is -0.497 e. The fraction of sp³-hybridized carbons (Fsp3) is 0.450. The molecule has 1 amide bonds. The number of aromatic amines is 2. The maximum atomic E-state index is 13.0. The van der Waals surface area contributed by atoms with Gasteiger partial charge in [0.15, 0.2) is 4.77 Å². The molecule has 3 N–H and O–H groups in total. The number of fused-ring (bicyclic) bond motifs is 3. The lowest BCUT2D eigenvalue weighted by Gasteiger charge is -2.26. The van der Waals surface area contributed by atoms with E-state index in [0.717, 1.165) is 36.6 Å². The number of aromatic nitrogens is 3. The summed E-state index contributed by atoms with van der Waals surface area (Å²) < 4.78 is 6.81. The first-order valence-corrected chi connectivity index (χ1v) is 9.99. The molecule has 0 aliphatic heterocycles. The van der Waals surface area contributed by atoms with Gasteiger partial charge in [0.25, 0.3) is 5.56 Å². The van der Waals surface area contributed by atoms with E-state index in [9.17, 15) is 9.59 Å². The number of carbonyl (C=O) groups is 1. The maximum absolute atomic E-state index is 13.0. The normalized spacial score (nSPS) is 19.8. The number of benzene rings is 1. The lowest BCUT2D eigenvalue weighted by atomic mass is 9.87. The molecule has 0 spiro atoms. The van der Waals surface area contributed by atoms with E-state index < -0.39 is 0 Å². The molecule has 0 radical (unpaired) electrons. The molecular weight excluding hydrogens is 376 g/mol. The van der Waals surface area contributed by atoms with E-state index in [2.05, 4.69) is 22.2 Å². The van der Waals surface area contributed by atoms with Crippen molar-refractivity contribution >= 4 is 40.1 Å². The molecule has 1 aliphatic rings. The van der Waals surface area contributed by atoms with Gasteiger partial charge in [-0.3, -0.25) is 14.2 Å². The molecule has 1 aromatic carbocycles. The fourth-order valence-electron chi connectivity index (χ4n) is 3.95. The van der Waals surface area contributed by atoms with Crippen molar-refractivity contribution in [1.29, 1.82) is 0 Å². The van der Waals surface area contributed by atoms with Crippen molar-refractivity contribution in [2.24, 2.45) is 5.92 Å². The molecule has 1 saturated carbocycles. The van der Waals surface area contributed by atoms with Crippen molar-refractivity contribution < 1.29 is 9.53 Å². The van der Waals surface area contributed by atoms with Gasteiger partial charge in [-0.15, -0.1) is 0 Å². The molecule has 0 bridgehead atoms. The van der Waals surface area contributed by atoms with Crippen molar-refractivity contribution in [1.82, 2.24) is 19.9 Å². The molecule has 1 fully saturated rings. The number of methoxy groups -OCH3 is 1. The third-order valence-electron chi connectivity index (χ3n) is 5.62. The van der Waals surface area contributed by atoms with Gasteiger partial charge in [-0.05, 0) is 62.0 Å². The number of hydrogen-bond donors (Lipinski definition) is 3. The Kier molecular flexibility index (Phi) is 4.97. The molecule has 2 aromatic heterocycles. The molecule has 4 rings (SSSR count). The standard InChI is InChI=1S/C20H24N4O3S/c1-11-3-5-12(6-4-11)21-16(25)10-24-19(26)18-17(23-20(24)28)14-9-13(27-2)7-8-15(14)22-18/h7-9,11-12,22H,3-6,10H2,1-2H3,(H,21,25)(H,23,28). The number of H-pyrrole nitrogens is 2. The Bertz CT molecular complexity index is 1150. The molecule has 2 heterocycles. The van der Waals surface area contributed by atoms with Gasteiger partial charge < -0.3 is 20.0 Å². The minimum absolute atomic E-state index is 0.0884. The van der Waals surface area contributed by atoms with Gasteiger partial charge >= 0.3 is 0 Å². The molecule has 0 saturated heterocycles.